The Balaban J connectivity index is 2.04. The highest BCUT2D eigenvalue weighted by molar-refractivity contribution is 4.99. The molecule has 0 aromatic carbocycles. The van der Waals surface area contributed by atoms with E-state index in [9.17, 15) is 0 Å². The van der Waals surface area contributed by atoms with Gasteiger partial charge in [-0.3, -0.25) is 0 Å². The Bertz CT molecular complexity index is 204. The molecule has 1 N–H and O–H groups in total. The smallest absolute Gasteiger partial charge is 0.166 e. The van der Waals surface area contributed by atoms with Gasteiger partial charge < -0.3 is 14.6 Å². The molecule has 1 saturated heterocycles. The number of aromatic nitrogens is 1. The molecule has 60 valence electrons. The van der Waals surface area contributed by atoms with Gasteiger partial charge in [-0.1, -0.05) is 5.16 Å². The van der Waals surface area contributed by atoms with Crippen molar-refractivity contribution in [2.45, 2.75) is 6.10 Å². The first-order valence-electron chi connectivity index (χ1n) is 3.70. The van der Waals surface area contributed by atoms with Crippen LogP contribution in [0, 0.1) is 0 Å². The summed E-state index contributed by atoms with van der Waals surface area (Å²) < 4.78 is 10.4. The molecular weight excluding hydrogens is 144 g/mol. The molecular formula is C7H10N2O2. The number of morpholine rings is 1. The Kier molecular flexibility index (Phi) is 1.87. The molecule has 4 nitrogen and oxygen atoms in total. The molecule has 2 heterocycles. The normalized spacial score (nSPS) is 25.3. The Morgan fingerprint density at radius 1 is 1.64 bits per heavy atom. The summed E-state index contributed by atoms with van der Waals surface area (Å²) in [4.78, 5) is 0. The minimum atomic E-state index is 0.0475. The fourth-order valence-corrected chi connectivity index (χ4v) is 1.14. The monoisotopic (exact) mass is 154 g/mol. The standard InChI is InChI=1S/C7H10N2O2/c1-2-9-11-6(1)7-5-8-3-4-10-7/h1-2,7-8H,3-5H2. The van der Waals surface area contributed by atoms with Crippen LogP contribution in [0.3, 0.4) is 0 Å². The second kappa shape index (κ2) is 3.02. The van der Waals surface area contributed by atoms with E-state index < -0.39 is 0 Å². The summed E-state index contributed by atoms with van der Waals surface area (Å²) in [7, 11) is 0. The molecule has 11 heavy (non-hydrogen) atoms. The molecule has 1 atom stereocenters. The van der Waals surface area contributed by atoms with Gasteiger partial charge in [0.1, 0.15) is 6.10 Å². The molecule has 0 amide bonds. The van der Waals surface area contributed by atoms with Crippen molar-refractivity contribution in [2.75, 3.05) is 19.7 Å². The second-order valence-corrected chi connectivity index (χ2v) is 2.48. The van der Waals surface area contributed by atoms with Crippen LogP contribution in [0.1, 0.15) is 11.9 Å². The van der Waals surface area contributed by atoms with Crippen molar-refractivity contribution >= 4 is 0 Å². The zero-order chi connectivity index (χ0) is 7.52. The average Bonchev–Trinajstić information content (AvgIpc) is 2.58. The van der Waals surface area contributed by atoms with Crippen LogP contribution in [0.25, 0.3) is 0 Å². The largest absolute Gasteiger partial charge is 0.367 e. The minimum Gasteiger partial charge on any atom is -0.367 e. The summed E-state index contributed by atoms with van der Waals surface area (Å²) in [6.07, 6.45) is 1.68. The van der Waals surface area contributed by atoms with Crippen LogP contribution in [0.4, 0.5) is 0 Å². The lowest BCUT2D eigenvalue weighted by Gasteiger charge is -2.20. The van der Waals surface area contributed by atoms with Gasteiger partial charge in [-0.15, -0.1) is 0 Å². The first-order chi connectivity index (χ1) is 5.47. The van der Waals surface area contributed by atoms with Gasteiger partial charge in [0.15, 0.2) is 5.76 Å². The van der Waals surface area contributed by atoms with E-state index in [0.29, 0.717) is 0 Å². The Morgan fingerprint density at radius 3 is 3.27 bits per heavy atom. The van der Waals surface area contributed by atoms with Crippen molar-refractivity contribution in [3.05, 3.63) is 18.0 Å². The fourth-order valence-electron chi connectivity index (χ4n) is 1.14. The number of nitrogens with one attached hydrogen (secondary N) is 1. The van der Waals surface area contributed by atoms with E-state index >= 15 is 0 Å². The highest BCUT2D eigenvalue weighted by Crippen LogP contribution is 2.16. The van der Waals surface area contributed by atoms with E-state index in [1.807, 2.05) is 6.07 Å². The Morgan fingerprint density at radius 2 is 2.64 bits per heavy atom. The minimum absolute atomic E-state index is 0.0475. The maximum atomic E-state index is 5.43. The third kappa shape index (κ3) is 1.41. The zero-order valence-electron chi connectivity index (χ0n) is 6.12. The average molecular weight is 154 g/mol. The summed E-state index contributed by atoms with van der Waals surface area (Å²) in [5.41, 5.74) is 0. The SMILES string of the molecule is c1cc(C2CNCCO2)on1. The van der Waals surface area contributed by atoms with Crippen LogP contribution < -0.4 is 5.32 Å². The Hall–Kier alpha value is -0.870. The van der Waals surface area contributed by atoms with Crippen molar-refractivity contribution in [2.24, 2.45) is 0 Å². The van der Waals surface area contributed by atoms with Gasteiger partial charge in [0.05, 0.1) is 12.8 Å². The van der Waals surface area contributed by atoms with E-state index in [4.69, 9.17) is 9.26 Å². The molecule has 1 fully saturated rings. The first-order valence-corrected chi connectivity index (χ1v) is 3.70. The number of hydrogen-bond donors (Lipinski definition) is 1. The number of ether oxygens (including phenoxy) is 1. The fraction of sp³-hybridized carbons (Fsp3) is 0.571. The molecule has 0 radical (unpaired) electrons. The molecule has 1 aromatic rings. The Labute approximate surface area is 64.5 Å². The first kappa shape index (κ1) is 6.82. The molecule has 1 unspecified atom stereocenters. The van der Waals surface area contributed by atoms with Gasteiger partial charge in [-0.2, -0.15) is 0 Å². The third-order valence-corrected chi connectivity index (χ3v) is 1.70. The van der Waals surface area contributed by atoms with Crippen molar-refractivity contribution in [3.8, 4) is 0 Å². The number of nitrogens with zero attached hydrogens (tertiary/aromatic N) is 1. The van der Waals surface area contributed by atoms with Gasteiger partial charge in [0.25, 0.3) is 0 Å². The number of hydrogen-bond acceptors (Lipinski definition) is 4. The maximum absolute atomic E-state index is 5.43. The highest BCUT2D eigenvalue weighted by atomic mass is 16.5. The lowest BCUT2D eigenvalue weighted by molar-refractivity contribution is 0.0108. The van der Waals surface area contributed by atoms with Crippen LogP contribution >= 0.6 is 0 Å². The summed E-state index contributed by atoms with van der Waals surface area (Å²) in [6, 6.07) is 1.83. The topological polar surface area (TPSA) is 47.3 Å². The lowest BCUT2D eigenvalue weighted by Crippen LogP contribution is -2.33. The zero-order valence-corrected chi connectivity index (χ0v) is 6.12. The third-order valence-electron chi connectivity index (χ3n) is 1.70. The van der Waals surface area contributed by atoms with Crippen LogP contribution in [0.5, 0.6) is 0 Å². The van der Waals surface area contributed by atoms with Crippen molar-refractivity contribution in [1.82, 2.24) is 10.5 Å². The van der Waals surface area contributed by atoms with Gasteiger partial charge >= 0.3 is 0 Å². The van der Waals surface area contributed by atoms with Crippen LogP contribution in [0.2, 0.25) is 0 Å². The van der Waals surface area contributed by atoms with E-state index in [2.05, 4.69) is 10.5 Å². The molecule has 1 aliphatic heterocycles. The quantitative estimate of drug-likeness (QED) is 0.633. The molecule has 0 spiro atoms. The van der Waals surface area contributed by atoms with E-state index in [1.54, 1.807) is 6.20 Å². The highest BCUT2D eigenvalue weighted by Gasteiger charge is 2.18. The van der Waals surface area contributed by atoms with Gasteiger partial charge in [-0.25, -0.2) is 0 Å². The predicted octanol–water partition coefficient (Wildman–Crippen LogP) is 0.335. The van der Waals surface area contributed by atoms with E-state index in [-0.39, 0.29) is 6.10 Å². The summed E-state index contributed by atoms with van der Waals surface area (Å²) in [5, 5.41) is 6.82. The van der Waals surface area contributed by atoms with Crippen molar-refractivity contribution in [3.63, 3.8) is 0 Å². The van der Waals surface area contributed by atoms with Gasteiger partial charge in [-0.05, 0) is 0 Å². The summed E-state index contributed by atoms with van der Waals surface area (Å²) in [6.45, 7) is 2.48. The predicted molar refractivity (Wildman–Crippen MR) is 38.1 cm³/mol. The molecule has 4 heteroatoms. The molecule has 1 aliphatic rings. The second-order valence-electron chi connectivity index (χ2n) is 2.48. The molecule has 0 aliphatic carbocycles. The maximum Gasteiger partial charge on any atom is 0.166 e. The molecule has 0 bridgehead atoms. The van der Waals surface area contributed by atoms with Crippen LogP contribution in [-0.2, 0) is 4.74 Å². The lowest BCUT2D eigenvalue weighted by atomic mass is 10.2. The van der Waals surface area contributed by atoms with E-state index in [1.165, 1.54) is 0 Å². The van der Waals surface area contributed by atoms with Crippen molar-refractivity contribution in [1.29, 1.82) is 0 Å². The van der Waals surface area contributed by atoms with Crippen LogP contribution in [-0.4, -0.2) is 24.9 Å². The van der Waals surface area contributed by atoms with Gasteiger partial charge in [0.2, 0.25) is 0 Å². The molecule has 2 rings (SSSR count). The van der Waals surface area contributed by atoms with Crippen molar-refractivity contribution < 1.29 is 9.26 Å². The molecule has 1 aromatic heterocycles. The van der Waals surface area contributed by atoms with Gasteiger partial charge in [0, 0.05) is 19.2 Å². The number of rotatable bonds is 1. The summed E-state index contributed by atoms with van der Waals surface area (Å²) >= 11 is 0. The molecule has 0 saturated carbocycles. The summed E-state index contributed by atoms with van der Waals surface area (Å²) in [5.74, 6) is 0.803. The van der Waals surface area contributed by atoms with Crippen LogP contribution in [0.15, 0.2) is 16.8 Å². The van der Waals surface area contributed by atoms with E-state index in [0.717, 1.165) is 25.5 Å².